The maximum atomic E-state index is 13.0. The predicted molar refractivity (Wildman–Crippen MR) is 101 cm³/mol. The molecule has 0 radical (unpaired) electrons. The zero-order valence-electron chi connectivity index (χ0n) is 14.1. The molecule has 2 aromatic rings. The Labute approximate surface area is 152 Å². The van der Waals surface area contributed by atoms with Gasteiger partial charge in [-0.3, -0.25) is 4.79 Å². The lowest BCUT2D eigenvalue weighted by molar-refractivity contribution is 0.0598. The third-order valence-electron chi connectivity index (χ3n) is 5.52. The Morgan fingerprint density at radius 1 is 1.04 bits per heavy atom. The van der Waals surface area contributed by atoms with Crippen molar-refractivity contribution in [3.05, 3.63) is 46.7 Å². The zero-order chi connectivity index (χ0) is 17.6. The first kappa shape index (κ1) is 16.8. The van der Waals surface area contributed by atoms with Crippen molar-refractivity contribution < 1.29 is 13.2 Å². The number of carbonyl (C=O) groups excluding carboxylic acids is 1. The molecular formula is C19H21NO3S2. The van der Waals surface area contributed by atoms with Crippen LogP contribution >= 0.6 is 11.3 Å². The molecule has 0 N–H and O–H groups in total. The molecule has 4 nitrogen and oxygen atoms in total. The largest absolute Gasteiger partial charge is 0.333 e. The van der Waals surface area contributed by atoms with Crippen molar-refractivity contribution in [2.75, 3.05) is 6.26 Å². The molecule has 1 aromatic heterocycles. The molecular weight excluding hydrogens is 354 g/mol. The third kappa shape index (κ3) is 3.13. The lowest BCUT2D eigenvalue weighted by Crippen LogP contribution is -2.49. The molecule has 6 heteroatoms. The first-order valence-corrected chi connectivity index (χ1v) is 11.5. The molecule has 3 heterocycles. The fraction of sp³-hybridized carbons (Fsp3) is 0.421. The molecule has 2 aliphatic heterocycles. The molecule has 1 aromatic carbocycles. The number of fused-ring (bicyclic) bond motifs is 2. The minimum atomic E-state index is -3.03. The summed E-state index contributed by atoms with van der Waals surface area (Å²) >= 11 is 1.65. The van der Waals surface area contributed by atoms with Gasteiger partial charge in [-0.2, -0.15) is 11.3 Å². The van der Waals surface area contributed by atoms with E-state index in [1.54, 1.807) is 11.3 Å². The van der Waals surface area contributed by atoms with E-state index in [0.717, 1.165) is 24.0 Å². The van der Waals surface area contributed by atoms with Crippen molar-refractivity contribution in [2.24, 2.45) is 0 Å². The van der Waals surface area contributed by atoms with Gasteiger partial charge in [-0.1, -0.05) is 12.1 Å². The molecule has 1 amide bonds. The lowest BCUT2D eigenvalue weighted by Gasteiger charge is -2.38. The van der Waals surface area contributed by atoms with E-state index in [2.05, 4.69) is 11.4 Å². The van der Waals surface area contributed by atoms with Crippen LogP contribution in [0.1, 0.15) is 36.0 Å². The van der Waals surface area contributed by atoms with E-state index in [4.69, 9.17) is 0 Å². The lowest BCUT2D eigenvalue weighted by atomic mass is 10.00. The second-order valence-corrected chi connectivity index (χ2v) is 10.2. The molecule has 4 rings (SSSR count). The second-order valence-electron chi connectivity index (χ2n) is 7.11. The number of sulfone groups is 1. The average Bonchev–Trinajstić information content (AvgIpc) is 3.20. The van der Waals surface area contributed by atoms with Gasteiger partial charge >= 0.3 is 0 Å². The highest BCUT2D eigenvalue weighted by atomic mass is 32.2. The van der Waals surface area contributed by atoms with Crippen molar-refractivity contribution in [3.8, 4) is 11.1 Å². The Bertz CT molecular complexity index is 858. The average molecular weight is 376 g/mol. The van der Waals surface area contributed by atoms with Crippen LogP contribution < -0.4 is 0 Å². The topological polar surface area (TPSA) is 54.5 Å². The molecule has 2 unspecified atom stereocenters. The first-order chi connectivity index (χ1) is 11.9. The van der Waals surface area contributed by atoms with Gasteiger partial charge < -0.3 is 4.90 Å². The number of nitrogens with zero attached hydrogens (tertiary/aromatic N) is 1. The van der Waals surface area contributed by atoms with Gasteiger partial charge in [0.15, 0.2) is 0 Å². The predicted octanol–water partition coefficient (Wildman–Crippen LogP) is 3.60. The van der Waals surface area contributed by atoms with Crippen LogP contribution in [-0.4, -0.2) is 42.8 Å². The van der Waals surface area contributed by atoms with E-state index in [9.17, 15) is 13.2 Å². The van der Waals surface area contributed by atoms with Crippen molar-refractivity contribution >= 4 is 27.1 Å². The summed E-state index contributed by atoms with van der Waals surface area (Å²) in [6.45, 7) is 0. The summed E-state index contributed by atoms with van der Waals surface area (Å²) in [6.07, 6.45) is 4.30. The van der Waals surface area contributed by atoms with E-state index < -0.39 is 9.84 Å². The summed E-state index contributed by atoms with van der Waals surface area (Å²) in [6, 6.07) is 9.93. The minimum Gasteiger partial charge on any atom is -0.333 e. The Balaban J connectivity index is 1.54. The van der Waals surface area contributed by atoms with E-state index >= 15 is 0 Å². The van der Waals surface area contributed by atoms with Crippen molar-refractivity contribution in [3.63, 3.8) is 0 Å². The van der Waals surface area contributed by atoms with Gasteiger partial charge in [-0.15, -0.1) is 0 Å². The van der Waals surface area contributed by atoms with Crippen molar-refractivity contribution in [2.45, 2.75) is 43.0 Å². The van der Waals surface area contributed by atoms with Crippen LogP contribution in [-0.2, 0) is 9.84 Å². The smallest absolute Gasteiger partial charge is 0.254 e. The Morgan fingerprint density at radius 2 is 1.68 bits per heavy atom. The van der Waals surface area contributed by atoms with Gasteiger partial charge in [0.1, 0.15) is 9.84 Å². The van der Waals surface area contributed by atoms with E-state index in [1.807, 2.05) is 34.5 Å². The summed E-state index contributed by atoms with van der Waals surface area (Å²) in [5.41, 5.74) is 2.96. The van der Waals surface area contributed by atoms with Gasteiger partial charge in [0.05, 0.1) is 5.25 Å². The van der Waals surface area contributed by atoms with Crippen LogP contribution in [0.4, 0.5) is 0 Å². The number of hydrogen-bond donors (Lipinski definition) is 0. The van der Waals surface area contributed by atoms with Crippen molar-refractivity contribution in [1.82, 2.24) is 4.90 Å². The van der Waals surface area contributed by atoms with Gasteiger partial charge in [0, 0.05) is 23.9 Å². The number of benzene rings is 1. The van der Waals surface area contributed by atoms with Crippen molar-refractivity contribution in [1.29, 1.82) is 0 Å². The Morgan fingerprint density at radius 3 is 2.20 bits per heavy atom. The highest BCUT2D eigenvalue weighted by Gasteiger charge is 2.45. The van der Waals surface area contributed by atoms with Crippen LogP contribution in [0.3, 0.4) is 0 Å². The number of carbonyl (C=O) groups is 1. The SMILES string of the molecule is CS(=O)(=O)C1CC2CCC(C1)N2C(=O)c1ccc(-c2ccsc2)cc1. The molecule has 2 saturated heterocycles. The van der Waals surface area contributed by atoms with Gasteiger partial charge in [0.25, 0.3) is 5.91 Å². The number of rotatable bonds is 3. The first-order valence-electron chi connectivity index (χ1n) is 8.57. The number of hydrogen-bond acceptors (Lipinski definition) is 4. The number of amides is 1. The molecule has 2 atom stereocenters. The molecule has 25 heavy (non-hydrogen) atoms. The fourth-order valence-corrected chi connectivity index (χ4v) is 6.00. The van der Waals surface area contributed by atoms with E-state index in [-0.39, 0.29) is 23.2 Å². The summed E-state index contributed by atoms with van der Waals surface area (Å²) in [7, 11) is -3.03. The van der Waals surface area contributed by atoms with Crippen LogP contribution in [0, 0.1) is 0 Å². The summed E-state index contributed by atoms with van der Waals surface area (Å²) in [4.78, 5) is 14.9. The van der Waals surface area contributed by atoms with Crippen LogP contribution in [0.15, 0.2) is 41.1 Å². The minimum absolute atomic E-state index is 0.0383. The van der Waals surface area contributed by atoms with Gasteiger partial charge in [0.2, 0.25) is 0 Å². The summed E-state index contributed by atoms with van der Waals surface area (Å²) < 4.78 is 23.8. The van der Waals surface area contributed by atoms with Crippen LogP contribution in [0.2, 0.25) is 0 Å². The highest BCUT2D eigenvalue weighted by molar-refractivity contribution is 7.91. The summed E-state index contributed by atoms with van der Waals surface area (Å²) in [5.74, 6) is 0.0383. The molecule has 2 bridgehead atoms. The Kier molecular flexibility index (Phi) is 4.20. The van der Waals surface area contributed by atoms with E-state index in [0.29, 0.717) is 18.4 Å². The van der Waals surface area contributed by atoms with Gasteiger partial charge in [-0.05, 0) is 65.8 Å². The fourth-order valence-electron chi connectivity index (χ4n) is 4.19. The number of thiophene rings is 1. The molecule has 132 valence electrons. The molecule has 2 fully saturated rings. The van der Waals surface area contributed by atoms with Crippen LogP contribution in [0.5, 0.6) is 0 Å². The third-order valence-corrected chi connectivity index (χ3v) is 7.80. The Hall–Kier alpha value is -1.66. The maximum Gasteiger partial charge on any atom is 0.254 e. The highest BCUT2D eigenvalue weighted by Crippen LogP contribution is 2.39. The van der Waals surface area contributed by atoms with Crippen LogP contribution in [0.25, 0.3) is 11.1 Å². The zero-order valence-corrected chi connectivity index (χ0v) is 15.7. The maximum absolute atomic E-state index is 13.0. The van der Waals surface area contributed by atoms with E-state index in [1.165, 1.54) is 6.26 Å². The molecule has 0 aliphatic carbocycles. The van der Waals surface area contributed by atoms with Gasteiger partial charge in [-0.25, -0.2) is 8.42 Å². The standard InChI is InChI=1S/C19H21NO3S2/c1-25(22,23)18-10-16-6-7-17(11-18)20(16)19(21)14-4-2-13(3-5-14)15-8-9-24-12-15/h2-5,8-9,12,16-18H,6-7,10-11H2,1H3. The number of piperidine rings is 1. The normalized spacial score (nSPS) is 26.0. The second kappa shape index (κ2) is 6.25. The molecule has 0 saturated carbocycles. The molecule has 2 aliphatic rings. The quantitative estimate of drug-likeness (QED) is 0.824. The molecule has 0 spiro atoms. The summed E-state index contributed by atoms with van der Waals surface area (Å²) in [5, 5.41) is 3.83. The monoisotopic (exact) mass is 375 g/mol.